The monoisotopic (exact) mass is 311 g/mol. The third-order valence-electron chi connectivity index (χ3n) is 2.62. The number of hydrogen-bond donors (Lipinski definition) is 1. The van der Waals surface area contributed by atoms with Crippen molar-refractivity contribution in [1.82, 2.24) is 0 Å². The predicted octanol–water partition coefficient (Wildman–Crippen LogP) is 4.12. The molecule has 3 nitrogen and oxygen atoms in total. The summed E-state index contributed by atoms with van der Waals surface area (Å²) in [6, 6.07) is 12.7. The Morgan fingerprint density at radius 3 is 2.52 bits per heavy atom. The number of anilines is 1. The van der Waals surface area contributed by atoms with E-state index in [2.05, 4.69) is 10.1 Å². The average Bonchev–Trinajstić information content (AvgIpc) is 2.40. The summed E-state index contributed by atoms with van der Waals surface area (Å²) in [5.41, 5.74) is 1.29. The van der Waals surface area contributed by atoms with Gasteiger partial charge in [-0.1, -0.05) is 29.8 Å². The van der Waals surface area contributed by atoms with Gasteiger partial charge in [-0.05, 0) is 35.9 Å². The standard InChI is InChI=1S/C15H12ClF2NO2/c16-11-2-1-3-12(9-11)19-14(20)8-10-4-6-13(7-5-10)21-15(17)18/h1-7,9,15H,8H2,(H,19,20). The van der Waals surface area contributed by atoms with Crippen molar-refractivity contribution >= 4 is 23.2 Å². The first-order chi connectivity index (χ1) is 10.0. The molecule has 21 heavy (non-hydrogen) atoms. The molecule has 0 saturated heterocycles. The largest absolute Gasteiger partial charge is 0.435 e. The van der Waals surface area contributed by atoms with Gasteiger partial charge in [-0.15, -0.1) is 0 Å². The minimum atomic E-state index is -2.86. The number of alkyl halides is 2. The third-order valence-corrected chi connectivity index (χ3v) is 2.86. The van der Waals surface area contributed by atoms with Crippen LogP contribution in [0.15, 0.2) is 48.5 Å². The summed E-state index contributed by atoms with van der Waals surface area (Å²) in [5, 5.41) is 3.23. The van der Waals surface area contributed by atoms with Gasteiger partial charge in [0, 0.05) is 10.7 Å². The highest BCUT2D eigenvalue weighted by atomic mass is 35.5. The Hall–Kier alpha value is -2.14. The first-order valence-corrected chi connectivity index (χ1v) is 6.50. The van der Waals surface area contributed by atoms with E-state index in [4.69, 9.17) is 11.6 Å². The maximum atomic E-state index is 12.0. The van der Waals surface area contributed by atoms with Gasteiger partial charge in [-0.2, -0.15) is 8.78 Å². The maximum Gasteiger partial charge on any atom is 0.387 e. The van der Waals surface area contributed by atoms with Crippen LogP contribution in [0.3, 0.4) is 0 Å². The third kappa shape index (κ3) is 5.04. The first-order valence-electron chi connectivity index (χ1n) is 6.12. The van der Waals surface area contributed by atoms with Crippen LogP contribution in [0.5, 0.6) is 5.75 Å². The lowest BCUT2D eigenvalue weighted by molar-refractivity contribution is -0.115. The molecule has 0 aliphatic heterocycles. The van der Waals surface area contributed by atoms with Crippen LogP contribution in [0.1, 0.15) is 5.56 Å². The lowest BCUT2D eigenvalue weighted by Crippen LogP contribution is -2.14. The van der Waals surface area contributed by atoms with Crippen LogP contribution in [0, 0.1) is 0 Å². The number of nitrogens with one attached hydrogen (secondary N) is 1. The number of halogens is 3. The molecule has 110 valence electrons. The van der Waals surface area contributed by atoms with Crippen molar-refractivity contribution < 1.29 is 18.3 Å². The van der Waals surface area contributed by atoms with Crippen LogP contribution < -0.4 is 10.1 Å². The Morgan fingerprint density at radius 2 is 1.90 bits per heavy atom. The molecule has 6 heteroatoms. The van der Waals surface area contributed by atoms with E-state index in [1.807, 2.05) is 0 Å². The number of benzene rings is 2. The fourth-order valence-corrected chi connectivity index (χ4v) is 1.94. The molecule has 0 fully saturated rings. The fraction of sp³-hybridized carbons (Fsp3) is 0.133. The number of hydrogen-bond acceptors (Lipinski definition) is 2. The van der Waals surface area contributed by atoms with Crippen molar-refractivity contribution in [2.24, 2.45) is 0 Å². The zero-order valence-electron chi connectivity index (χ0n) is 10.9. The molecular formula is C15H12ClF2NO2. The second kappa shape index (κ2) is 7.04. The van der Waals surface area contributed by atoms with Gasteiger partial charge < -0.3 is 10.1 Å². The van der Waals surface area contributed by atoms with E-state index in [1.54, 1.807) is 36.4 Å². The van der Waals surface area contributed by atoms with E-state index < -0.39 is 6.61 Å². The molecule has 0 spiro atoms. The number of ether oxygens (including phenoxy) is 1. The van der Waals surface area contributed by atoms with Gasteiger partial charge in [0.1, 0.15) is 5.75 Å². The Balaban J connectivity index is 1.93. The molecule has 0 unspecified atom stereocenters. The average molecular weight is 312 g/mol. The van der Waals surface area contributed by atoms with E-state index in [0.29, 0.717) is 16.3 Å². The molecule has 0 atom stereocenters. The SMILES string of the molecule is O=C(Cc1ccc(OC(F)F)cc1)Nc1cccc(Cl)c1. The van der Waals surface area contributed by atoms with E-state index >= 15 is 0 Å². The van der Waals surface area contributed by atoms with E-state index in [0.717, 1.165) is 0 Å². The molecule has 2 aromatic carbocycles. The summed E-state index contributed by atoms with van der Waals surface area (Å²) in [4.78, 5) is 11.9. The van der Waals surface area contributed by atoms with E-state index in [-0.39, 0.29) is 18.1 Å². The number of rotatable bonds is 5. The molecule has 0 bridgehead atoms. The van der Waals surface area contributed by atoms with E-state index in [1.165, 1.54) is 12.1 Å². The van der Waals surface area contributed by atoms with Crippen LogP contribution in [0.4, 0.5) is 14.5 Å². The minimum Gasteiger partial charge on any atom is -0.435 e. The Morgan fingerprint density at radius 1 is 1.19 bits per heavy atom. The molecule has 0 heterocycles. The summed E-state index contributed by atoms with van der Waals surface area (Å²) in [6.45, 7) is -2.86. The zero-order chi connectivity index (χ0) is 15.2. The van der Waals surface area contributed by atoms with Crippen LogP contribution in [0.2, 0.25) is 5.02 Å². The van der Waals surface area contributed by atoms with Crippen LogP contribution >= 0.6 is 11.6 Å². The summed E-state index contributed by atoms with van der Waals surface area (Å²) in [6.07, 6.45) is 0.126. The second-order valence-electron chi connectivity index (χ2n) is 4.26. The number of carbonyl (C=O) groups is 1. The lowest BCUT2D eigenvalue weighted by atomic mass is 10.1. The molecule has 2 aromatic rings. The Kier molecular flexibility index (Phi) is 5.11. The van der Waals surface area contributed by atoms with Crippen molar-refractivity contribution in [2.45, 2.75) is 13.0 Å². The quantitative estimate of drug-likeness (QED) is 0.902. The molecule has 1 N–H and O–H groups in total. The summed E-state index contributed by atoms with van der Waals surface area (Å²) >= 11 is 5.82. The van der Waals surface area contributed by atoms with Crippen molar-refractivity contribution in [2.75, 3.05) is 5.32 Å². The zero-order valence-corrected chi connectivity index (χ0v) is 11.6. The molecule has 0 aromatic heterocycles. The van der Waals surface area contributed by atoms with Gasteiger partial charge in [0.2, 0.25) is 5.91 Å². The van der Waals surface area contributed by atoms with Gasteiger partial charge in [-0.3, -0.25) is 4.79 Å². The van der Waals surface area contributed by atoms with Crippen molar-refractivity contribution in [3.8, 4) is 5.75 Å². The van der Waals surface area contributed by atoms with Crippen LogP contribution in [-0.4, -0.2) is 12.5 Å². The Labute approximate surface area is 125 Å². The van der Waals surface area contributed by atoms with Crippen molar-refractivity contribution in [3.63, 3.8) is 0 Å². The molecular weight excluding hydrogens is 300 g/mol. The number of amides is 1. The highest BCUT2D eigenvalue weighted by molar-refractivity contribution is 6.30. The minimum absolute atomic E-state index is 0.0593. The normalized spacial score (nSPS) is 10.5. The summed E-state index contributed by atoms with van der Waals surface area (Å²) in [7, 11) is 0. The molecule has 2 rings (SSSR count). The van der Waals surface area contributed by atoms with Gasteiger partial charge >= 0.3 is 6.61 Å². The highest BCUT2D eigenvalue weighted by Crippen LogP contribution is 2.17. The van der Waals surface area contributed by atoms with Gasteiger partial charge in [0.05, 0.1) is 6.42 Å². The topological polar surface area (TPSA) is 38.3 Å². The van der Waals surface area contributed by atoms with Gasteiger partial charge in [-0.25, -0.2) is 0 Å². The molecule has 0 saturated carbocycles. The van der Waals surface area contributed by atoms with Crippen LogP contribution in [-0.2, 0) is 11.2 Å². The predicted molar refractivity (Wildman–Crippen MR) is 76.9 cm³/mol. The lowest BCUT2D eigenvalue weighted by Gasteiger charge is -2.07. The molecule has 0 aliphatic rings. The van der Waals surface area contributed by atoms with Gasteiger partial charge in [0.15, 0.2) is 0 Å². The van der Waals surface area contributed by atoms with Crippen molar-refractivity contribution in [1.29, 1.82) is 0 Å². The summed E-state index contributed by atoms with van der Waals surface area (Å²) in [5.74, 6) is -0.163. The molecule has 0 aliphatic carbocycles. The fourth-order valence-electron chi connectivity index (χ4n) is 1.75. The highest BCUT2D eigenvalue weighted by Gasteiger charge is 2.07. The van der Waals surface area contributed by atoms with Crippen molar-refractivity contribution in [3.05, 3.63) is 59.1 Å². The summed E-state index contributed by atoms with van der Waals surface area (Å²) < 4.78 is 28.3. The molecule has 1 amide bonds. The maximum absolute atomic E-state index is 12.0. The smallest absolute Gasteiger partial charge is 0.387 e. The number of carbonyl (C=O) groups excluding carboxylic acids is 1. The van der Waals surface area contributed by atoms with Crippen LogP contribution in [0.25, 0.3) is 0 Å². The molecule has 0 radical (unpaired) electrons. The first kappa shape index (κ1) is 15.3. The van der Waals surface area contributed by atoms with Gasteiger partial charge in [0.25, 0.3) is 0 Å². The van der Waals surface area contributed by atoms with E-state index in [9.17, 15) is 13.6 Å². The Bertz CT molecular complexity index is 617. The second-order valence-corrected chi connectivity index (χ2v) is 4.69.